The Morgan fingerprint density at radius 3 is 1.29 bits per heavy atom. The number of aryl methyl sites for hydroxylation is 10. The van der Waals surface area contributed by atoms with Crippen LogP contribution in [0.15, 0.2) is 172 Å². The molecule has 0 saturated heterocycles. The highest BCUT2D eigenvalue weighted by molar-refractivity contribution is 5.84. The van der Waals surface area contributed by atoms with Gasteiger partial charge in [-0.2, -0.15) is 19.9 Å². The van der Waals surface area contributed by atoms with E-state index in [9.17, 15) is 38.4 Å². The molecular formula is C97H112N16O9. The van der Waals surface area contributed by atoms with Gasteiger partial charge >= 0.3 is 22.8 Å². The van der Waals surface area contributed by atoms with E-state index in [0.717, 1.165) is 119 Å². The van der Waals surface area contributed by atoms with E-state index >= 15 is 0 Å². The number of aromatic amines is 4. The van der Waals surface area contributed by atoms with Crippen LogP contribution < -0.4 is 45.0 Å². The Bertz CT molecular complexity index is 6630. The van der Waals surface area contributed by atoms with Crippen LogP contribution in [-0.2, 0) is 63.0 Å². The molecule has 0 radical (unpaired) electrons. The highest BCUT2D eigenvalue weighted by Gasteiger charge is 2.28. The monoisotopic (exact) mass is 1640 g/mol. The molecule has 634 valence electrons. The number of hydrogen-bond acceptors (Lipinski definition) is 17. The first-order valence-electron chi connectivity index (χ1n) is 43.0. The predicted molar refractivity (Wildman–Crippen MR) is 484 cm³/mol. The van der Waals surface area contributed by atoms with Crippen molar-refractivity contribution in [3.63, 3.8) is 0 Å². The molecule has 122 heavy (non-hydrogen) atoms. The smallest absolute Gasteiger partial charge is 0.349 e. The highest BCUT2D eigenvalue weighted by Crippen LogP contribution is 2.36. The van der Waals surface area contributed by atoms with Crippen molar-refractivity contribution in [1.82, 2.24) is 78.1 Å². The fourth-order valence-corrected chi connectivity index (χ4v) is 16.9. The lowest BCUT2D eigenvalue weighted by molar-refractivity contribution is 0.0517. The largest absolute Gasteiger partial charge is 0.376 e. The summed E-state index contributed by atoms with van der Waals surface area (Å²) in [7, 11) is 0. The Kier molecular flexibility index (Phi) is 27.6. The van der Waals surface area contributed by atoms with E-state index in [2.05, 4.69) is 264 Å². The fourth-order valence-electron chi connectivity index (χ4n) is 16.9. The maximum absolute atomic E-state index is 12.5. The Morgan fingerprint density at radius 2 is 0.828 bits per heavy atom. The first-order chi connectivity index (χ1) is 58.5. The number of nitrogens with one attached hydrogen (secondary N) is 4. The van der Waals surface area contributed by atoms with Gasteiger partial charge in [0.05, 0.1) is 56.8 Å². The van der Waals surface area contributed by atoms with E-state index in [-0.39, 0.29) is 34.7 Å². The minimum Gasteiger partial charge on any atom is -0.376 e. The zero-order valence-electron chi connectivity index (χ0n) is 72.8. The summed E-state index contributed by atoms with van der Waals surface area (Å²) in [4.78, 5) is 141. The normalized spacial score (nSPS) is 14.3. The molecule has 25 nitrogen and oxygen atoms in total. The van der Waals surface area contributed by atoms with Gasteiger partial charge < -0.3 is 23.0 Å². The van der Waals surface area contributed by atoms with Gasteiger partial charge in [0, 0.05) is 32.7 Å². The molecule has 1 aliphatic carbocycles. The number of nitrogens with zero attached hydrogens (tertiary/aromatic N) is 12. The molecule has 7 aromatic rings. The number of ether oxygens (including phenoxy) is 1. The lowest BCUT2D eigenvalue weighted by atomic mass is 9.79. The van der Waals surface area contributed by atoms with Crippen molar-refractivity contribution in [2.24, 2.45) is 23.7 Å². The number of rotatable bonds is 23. The zero-order valence-corrected chi connectivity index (χ0v) is 72.8. The number of aromatic nitrogens is 16. The topological polar surface area (TPSA) is 332 Å². The Labute approximate surface area is 708 Å². The average molecular weight is 1650 g/mol. The van der Waals surface area contributed by atoms with Crippen molar-refractivity contribution in [2.75, 3.05) is 6.61 Å². The van der Waals surface area contributed by atoms with Gasteiger partial charge in [0.25, 0.3) is 22.2 Å². The molecule has 8 aliphatic heterocycles. The summed E-state index contributed by atoms with van der Waals surface area (Å²) in [5.74, 6) is 4.58. The van der Waals surface area contributed by atoms with Crippen LogP contribution in [0.4, 0.5) is 0 Å². The second-order valence-electron chi connectivity index (χ2n) is 34.1. The van der Waals surface area contributed by atoms with Gasteiger partial charge in [0.15, 0.2) is 46.1 Å². The quantitative estimate of drug-likeness (QED) is 0.0432. The Hall–Kier alpha value is -12.4. The molecule has 0 aromatic heterocycles. The number of H-pyrrole nitrogens is 4. The molecule has 9 aliphatic rings. The minimum atomic E-state index is -0.675. The van der Waals surface area contributed by atoms with Crippen LogP contribution in [0, 0.1) is 58.3 Å². The second-order valence-corrected chi connectivity index (χ2v) is 34.1. The summed E-state index contributed by atoms with van der Waals surface area (Å²) >= 11 is 0. The van der Waals surface area contributed by atoms with Crippen LogP contribution >= 0.6 is 0 Å². The molecule has 3 unspecified atom stereocenters. The molecule has 0 amide bonds. The molecule has 1 fully saturated rings. The summed E-state index contributed by atoms with van der Waals surface area (Å²) < 4.78 is 14.0. The maximum atomic E-state index is 12.5. The first-order valence-corrected chi connectivity index (χ1v) is 43.0. The summed E-state index contributed by atoms with van der Waals surface area (Å²) in [6.45, 7) is 34.9. The lowest BCUT2D eigenvalue weighted by Crippen LogP contribution is -2.31. The van der Waals surface area contributed by atoms with Crippen LogP contribution in [0.25, 0.3) is 90.2 Å². The van der Waals surface area contributed by atoms with E-state index in [1.807, 2.05) is 51.0 Å². The van der Waals surface area contributed by atoms with Gasteiger partial charge in [-0.05, 0) is 221 Å². The van der Waals surface area contributed by atoms with Crippen molar-refractivity contribution in [2.45, 2.75) is 225 Å². The van der Waals surface area contributed by atoms with E-state index < -0.39 is 45.0 Å². The molecule has 0 bridgehead atoms. The molecule has 3 atom stereocenters. The van der Waals surface area contributed by atoms with Crippen molar-refractivity contribution in [3.05, 3.63) is 284 Å². The second kappa shape index (κ2) is 38.6. The van der Waals surface area contributed by atoms with E-state index in [4.69, 9.17) is 4.74 Å². The van der Waals surface area contributed by atoms with Gasteiger partial charge in [-0.1, -0.05) is 190 Å². The van der Waals surface area contributed by atoms with Gasteiger partial charge in [-0.25, -0.2) is 39.1 Å². The summed E-state index contributed by atoms with van der Waals surface area (Å²) in [6.07, 6.45) is 12.3. The third kappa shape index (κ3) is 20.6. The lowest BCUT2D eigenvalue weighted by Gasteiger charge is -2.29. The average Bonchev–Trinajstić information content (AvgIpc) is 0.765. The standard InChI is InChI=1S/C25H28N4O3.2C24H26N4O2.C24H32N4O2/c1-5-18-13-20-21(11-16(18)4)29(23-22(26-20)24(30)28-25(31)27-23)14-19(32-6-2)12-17-9-7-15(3)8-10-17;1-14(2)18-9-10-20-19(13-18)25-21-22(26-24(30)27-23(21)29)28(20)12-11-16(4)17-7-5-15(3)6-8-17;1-15(2)13-18-10-11-20-19(14-18)25-21-22(26-24(30)27-23(21)29)28(20)12-4-5-17-8-6-16(3)7-9-17;1-5-18-12-19-20(11-16(18)4)28(22-21(25-19)23(29)27-24(30)26-22)13-15(3)10-17-8-6-14(2)7-9-17/h7-11,13,19H,5-6,12,14H2,1-4H3,(H,28,30,31);5-10,13-14,16H,11-12H2,1-4H3,(H,27,29,30);6-11,14-15H,4-5,12-13H2,1-3H3,(H,27,29,30);11-12,14-15,17H,5-10,13H2,1-4H3,(H,27,29,30). The molecule has 1 saturated carbocycles. The Morgan fingerprint density at radius 1 is 0.418 bits per heavy atom. The fraction of sp³-hybridized carbons (Fsp3) is 0.402. The van der Waals surface area contributed by atoms with Gasteiger partial charge in [0.1, 0.15) is 0 Å². The van der Waals surface area contributed by atoms with E-state index in [0.29, 0.717) is 79.3 Å². The van der Waals surface area contributed by atoms with Gasteiger partial charge in [0.2, 0.25) is 0 Å². The molecule has 8 heterocycles. The van der Waals surface area contributed by atoms with Gasteiger partial charge in [-0.3, -0.25) is 39.1 Å². The summed E-state index contributed by atoms with van der Waals surface area (Å²) in [6, 6.07) is 46.0. The van der Waals surface area contributed by atoms with Gasteiger partial charge in [-0.15, -0.1) is 0 Å². The van der Waals surface area contributed by atoms with Crippen molar-refractivity contribution in [1.29, 1.82) is 0 Å². The first kappa shape index (κ1) is 87.4. The zero-order chi connectivity index (χ0) is 86.9. The maximum Gasteiger partial charge on any atom is 0.349 e. The number of hydrogen-bond donors (Lipinski definition) is 4. The molecule has 16 rings (SSSR count). The molecule has 7 aromatic carbocycles. The van der Waals surface area contributed by atoms with Crippen LogP contribution in [0.2, 0.25) is 0 Å². The molecule has 0 spiro atoms. The van der Waals surface area contributed by atoms with Crippen molar-refractivity contribution >= 4 is 44.1 Å². The predicted octanol–water partition coefficient (Wildman–Crippen LogP) is 15.7. The molecule has 25 heteroatoms. The van der Waals surface area contributed by atoms with Crippen molar-refractivity contribution in [3.8, 4) is 46.1 Å². The summed E-state index contributed by atoms with van der Waals surface area (Å²) in [5, 5.41) is 0. The third-order valence-corrected chi connectivity index (χ3v) is 23.6. The highest BCUT2D eigenvalue weighted by atomic mass is 16.5. The van der Waals surface area contributed by atoms with Crippen LogP contribution in [-0.4, -0.2) is 90.8 Å². The Balaban J connectivity index is 0.000000140. The molecule has 4 N–H and O–H groups in total. The minimum absolute atomic E-state index is 0.161. The van der Waals surface area contributed by atoms with E-state index in [1.54, 1.807) is 0 Å². The van der Waals surface area contributed by atoms with Crippen molar-refractivity contribution < 1.29 is 4.74 Å². The SMILES string of the molecule is CCOC(Cc1ccc(C)cc1)Cn1c2nc(=O)[nH]c(=O)c-2nc2cc(CC)c(C)cc21.CCc1cc2nc3c(=O)[nH]c(=O)nc-3n(CC(C)CC3CCC(C)CC3)c2cc1C.Cc1ccc(C(C)CCn2c3nc(=O)[nH]c(=O)c-3nc3cc(C(C)C)ccc32)cc1.Cc1ccc(CCCn2c3nc(=O)[nH]c(=O)c-3nc3cc(CC(C)C)ccc32)cc1. The third-order valence-electron chi connectivity index (χ3n) is 23.6. The molecular weight excluding hydrogens is 1530 g/mol. The van der Waals surface area contributed by atoms with Crippen LogP contribution in [0.3, 0.4) is 0 Å². The number of fused-ring (bicyclic) bond motifs is 8. The summed E-state index contributed by atoms with van der Waals surface area (Å²) in [5.41, 5.74) is 17.2. The number of benzene rings is 7. The van der Waals surface area contributed by atoms with Crippen LogP contribution in [0.1, 0.15) is 193 Å². The van der Waals surface area contributed by atoms with E-state index in [1.165, 1.54) is 75.8 Å². The van der Waals surface area contributed by atoms with Crippen LogP contribution in [0.5, 0.6) is 0 Å².